The molecule has 0 aromatic heterocycles. The molecule has 2 rings (SSSR count). The Hall–Kier alpha value is -3.14. The molecule has 0 radical (unpaired) electrons. The van der Waals surface area contributed by atoms with Gasteiger partial charge in [0, 0.05) is 11.1 Å². The van der Waals surface area contributed by atoms with E-state index in [4.69, 9.17) is 9.47 Å². The molecule has 4 heteroatoms. The van der Waals surface area contributed by atoms with Gasteiger partial charge in [-0.25, -0.2) is 9.59 Å². The lowest BCUT2D eigenvalue weighted by Crippen LogP contribution is -2.04. The van der Waals surface area contributed by atoms with Gasteiger partial charge < -0.3 is 9.47 Å². The molecule has 0 aliphatic rings. The van der Waals surface area contributed by atoms with E-state index < -0.39 is 0 Å². The molecule has 0 saturated heterocycles. The van der Waals surface area contributed by atoms with Crippen molar-refractivity contribution >= 4 is 23.6 Å². The Bertz CT molecular complexity index is 865. The zero-order chi connectivity index (χ0) is 23.1. The second kappa shape index (κ2) is 14.8. The van der Waals surface area contributed by atoms with E-state index in [1.807, 2.05) is 80.6 Å². The summed E-state index contributed by atoms with van der Waals surface area (Å²) in [4.78, 5) is 22.9. The standard InChI is InChI=1S/C14H18O2.C13H16O2/c1-4-8-13(11(2)14(15)16-3)12-9-6-5-7-10-12;1-3-7-12(13(14)15-2)10-11-8-5-4-6-9-11/h5-7,9-10H,4,8H2,1-3H3;4-6,8-10H,3,7H2,1-2H3. The molecule has 0 aliphatic heterocycles. The van der Waals surface area contributed by atoms with Gasteiger partial charge in [0.2, 0.25) is 0 Å². The first kappa shape index (κ1) is 25.9. The van der Waals surface area contributed by atoms with Crippen molar-refractivity contribution in [1.82, 2.24) is 0 Å². The monoisotopic (exact) mass is 422 g/mol. The van der Waals surface area contributed by atoms with Crippen LogP contribution in [0.25, 0.3) is 11.6 Å². The van der Waals surface area contributed by atoms with Crippen molar-refractivity contribution in [3.05, 3.63) is 82.9 Å². The molecular formula is C27H34O4. The molecule has 31 heavy (non-hydrogen) atoms. The molecule has 0 fully saturated rings. The number of benzene rings is 2. The summed E-state index contributed by atoms with van der Waals surface area (Å²) in [5.74, 6) is -0.479. The normalized spacial score (nSPS) is 11.6. The summed E-state index contributed by atoms with van der Waals surface area (Å²) < 4.78 is 9.49. The minimum absolute atomic E-state index is 0.235. The molecular weight excluding hydrogens is 388 g/mol. The highest BCUT2D eigenvalue weighted by atomic mass is 16.5. The van der Waals surface area contributed by atoms with Crippen LogP contribution >= 0.6 is 0 Å². The van der Waals surface area contributed by atoms with Gasteiger partial charge in [-0.3, -0.25) is 0 Å². The smallest absolute Gasteiger partial charge is 0.333 e. The third-order valence-electron chi connectivity index (χ3n) is 4.67. The van der Waals surface area contributed by atoms with Crippen LogP contribution in [0.1, 0.15) is 57.6 Å². The van der Waals surface area contributed by atoms with Gasteiger partial charge in [-0.2, -0.15) is 0 Å². The van der Waals surface area contributed by atoms with Crippen LogP contribution in [0.4, 0.5) is 0 Å². The fourth-order valence-corrected chi connectivity index (χ4v) is 3.10. The van der Waals surface area contributed by atoms with Gasteiger partial charge in [0.05, 0.1) is 14.2 Å². The summed E-state index contributed by atoms with van der Waals surface area (Å²) in [7, 11) is 2.83. The van der Waals surface area contributed by atoms with Crippen molar-refractivity contribution in [2.45, 2.75) is 46.5 Å². The van der Waals surface area contributed by atoms with Crippen LogP contribution in [0.15, 0.2) is 71.8 Å². The van der Waals surface area contributed by atoms with E-state index in [-0.39, 0.29) is 11.9 Å². The Morgan fingerprint density at radius 3 is 1.77 bits per heavy atom. The van der Waals surface area contributed by atoms with Crippen molar-refractivity contribution in [1.29, 1.82) is 0 Å². The number of ether oxygens (including phenoxy) is 2. The lowest BCUT2D eigenvalue weighted by Gasteiger charge is -2.10. The van der Waals surface area contributed by atoms with E-state index in [2.05, 4.69) is 6.92 Å². The van der Waals surface area contributed by atoms with Crippen LogP contribution in [-0.4, -0.2) is 26.2 Å². The first-order valence-corrected chi connectivity index (χ1v) is 10.7. The summed E-state index contributed by atoms with van der Waals surface area (Å²) in [6.45, 7) is 5.97. The molecule has 2 aromatic rings. The Balaban J connectivity index is 0.000000311. The maximum Gasteiger partial charge on any atom is 0.333 e. The highest BCUT2D eigenvalue weighted by Crippen LogP contribution is 2.24. The van der Waals surface area contributed by atoms with Crippen LogP contribution in [0, 0.1) is 0 Å². The second-order valence-electron chi connectivity index (χ2n) is 7.03. The van der Waals surface area contributed by atoms with Crippen molar-refractivity contribution < 1.29 is 19.1 Å². The second-order valence-corrected chi connectivity index (χ2v) is 7.03. The average molecular weight is 423 g/mol. The summed E-state index contributed by atoms with van der Waals surface area (Å²) >= 11 is 0. The maximum absolute atomic E-state index is 11.5. The molecule has 0 bridgehead atoms. The van der Waals surface area contributed by atoms with Gasteiger partial charge in [-0.1, -0.05) is 87.4 Å². The Labute approximate surface area is 186 Å². The van der Waals surface area contributed by atoms with E-state index in [0.29, 0.717) is 5.57 Å². The van der Waals surface area contributed by atoms with Crippen molar-refractivity contribution in [3.63, 3.8) is 0 Å². The van der Waals surface area contributed by atoms with Gasteiger partial charge in [-0.05, 0) is 42.5 Å². The number of carbonyl (C=O) groups is 2. The van der Waals surface area contributed by atoms with Gasteiger partial charge >= 0.3 is 11.9 Å². The molecule has 0 amide bonds. The summed E-state index contributed by atoms with van der Waals surface area (Å²) in [5.41, 5.74) is 4.65. The van der Waals surface area contributed by atoms with Crippen molar-refractivity contribution in [3.8, 4) is 0 Å². The Morgan fingerprint density at radius 2 is 1.29 bits per heavy atom. The zero-order valence-corrected chi connectivity index (χ0v) is 19.3. The summed E-state index contributed by atoms with van der Waals surface area (Å²) in [5, 5.41) is 0. The van der Waals surface area contributed by atoms with E-state index in [1.54, 1.807) is 0 Å². The minimum Gasteiger partial charge on any atom is -0.466 e. The Kier molecular flexibility index (Phi) is 12.3. The number of carbonyl (C=O) groups excluding carboxylic acids is 2. The molecule has 0 atom stereocenters. The van der Waals surface area contributed by atoms with E-state index in [1.165, 1.54) is 14.2 Å². The lowest BCUT2D eigenvalue weighted by atomic mass is 9.97. The minimum atomic E-state index is -0.243. The molecule has 0 saturated carbocycles. The SMILES string of the molecule is CCCC(=C(C)C(=O)OC)c1ccccc1.CCCC(=Cc1ccccc1)C(=O)OC. The number of allylic oxidation sites excluding steroid dienone is 1. The molecule has 0 spiro atoms. The quantitative estimate of drug-likeness (QED) is 0.361. The number of hydrogen-bond donors (Lipinski definition) is 0. The fraction of sp³-hybridized carbons (Fsp3) is 0.333. The fourth-order valence-electron chi connectivity index (χ4n) is 3.10. The average Bonchev–Trinajstić information content (AvgIpc) is 2.82. The molecule has 0 aliphatic carbocycles. The first-order valence-electron chi connectivity index (χ1n) is 10.7. The predicted octanol–water partition coefficient (Wildman–Crippen LogP) is 6.48. The third-order valence-corrected chi connectivity index (χ3v) is 4.67. The maximum atomic E-state index is 11.5. The van der Waals surface area contributed by atoms with Crippen molar-refractivity contribution in [2.24, 2.45) is 0 Å². The first-order chi connectivity index (χ1) is 15.0. The van der Waals surface area contributed by atoms with E-state index in [9.17, 15) is 9.59 Å². The highest BCUT2D eigenvalue weighted by molar-refractivity contribution is 5.97. The summed E-state index contributed by atoms with van der Waals surface area (Å²) in [6, 6.07) is 19.8. The largest absolute Gasteiger partial charge is 0.466 e. The predicted molar refractivity (Wildman–Crippen MR) is 127 cm³/mol. The van der Waals surface area contributed by atoms with Crippen LogP contribution in [0.3, 0.4) is 0 Å². The van der Waals surface area contributed by atoms with E-state index >= 15 is 0 Å². The number of hydrogen-bond acceptors (Lipinski definition) is 4. The number of methoxy groups -OCH3 is 2. The number of rotatable bonds is 8. The molecule has 0 heterocycles. The lowest BCUT2D eigenvalue weighted by molar-refractivity contribution is -0.136. The Morgan fingerprint density at radius 1 is 0.774 bits per heavy atom. The van der Waals surface area contributed by atoms with E-state index in [0.717, 1.165) is 48.0 Å². The summed E-state index contributed by atoms with van der Waals surface area (Å²) in [6.07, 6.45) is 5.48. The zero-order valence-electron chi connectivity index (χ0n) is 19.3. The molecule has 166 valence electrons. The molecule has 0 unspecified atom stereocenters. The topological polar surface area (TPSA) is 52.6 Å². The molecule has 0 N–H and O–H groups in total. The van der Waals surface area contributed by atoms with Crippen LogP contribution in [0.2, 0.25) is 0 Å². The number of esters is 2. The van der Waals surface area contributed by atoms with Crippen LogP contribution in [0.5, 0.6) is 0 Å². The van der Waals surface area contributed by atoms with Gasteiger partial charge in [0.1, 0.15) is 0 Å². The highest BCUT2D eigenvalue weighted by Gasteiger charge is 2.11. The van der Waals surface area contributed by atoms with Gasteiger partial charge in [0.25, 0.3) is 0 Å². The van der Waals surface area contributed by atoms with Crippen molar-refractivity contribution in [2.75, 3.05) is 14.2 Å². The van der Waals surface area contributed by atoms with Gasteiger partial charge in [0.15, 0.2) is 0 Å². The third kappa shape index (κ3) is 9.04. The van der Waals surface area contributed by atoms with Gasteiger partial charge in [-0.15, -0.1) is 0 Å². The van der Waals surface area contributed by atoms with Crippen LogP contribution in [-0.2, 0) is 19.1 Å². The molecule has 4 nitrogen and oxygen atoms in total. The van der Waals surface area contributed by atoms with Crippen LogP contribution < -0.4 is 0 Å². The molecule has 2 aromatic carbocycles.